The Labute approximate surface area is 83.7 Å². The molecule has 1 aromatic rings. The number of hydrogen-bond donors (Lipinski definition) is 0. The lowest BCUT2D eigenvalue weighted by atomic mass is 9.98. The van der Waals surface area contributed by atoms with Crippen LogP contribution in [0, 0.1) is 19.3 Å². The molecule has 2 heteroatoms. The van der Waals surface area contributed by atoms with Crippen molar-refractivity contribution in [2.45, 2.75) is 6.92 Å². The van der Waals surface area contributed by atoms with Crippen molar-refractivity contribution < 1.29 is 4.79 Å². The van der Waals surface area contributed by atoms with E-state index in [1.54, 1.807) is 18.6 Å². The molecule has 0 bridgehead atoms. The van der Waals surface area contributed by atoms with E-state index in [4.69, 9.17) is 11.6 Å². The zero-order valence-corrected chi connectivity index (χ0v) is 8.14. The van der Waals surface area contributed by atoms with Gasteiger partial charge in [-0.25, -0.2) is 0 Å². The van der Waals surface area contributed by atoms with E-state index >= 15 is 0 Å². The average Bonchev–Trinajstić information content (AvgIpc) is 2.08. The molecular weight excluding hydrogens is 184 g/mol. The standard InChI is InChI=1S/C11H10ClO/c1-8(9(2)13)7-10-3-5-11(12)6-4-10/h3-7H,1H2,2H3. The summed E-state index contributed by atoms with van der Waals surface area (Å²) >= 11 is 5.71. The highest BCUT2D eigenvalue weighted by molar-refractivity contribution is 6.30. The summed E-state index contributed by atoms with van der Waals surface area (Å²) in [7, 11) is 0. The Morgan fingerprint density at radius 2 is 1.92 bits per heavy atom. The second-order valence-electron chi connectivity index (χ2n) is 2.78. The van der Waals surface area contributed by atoms with E-state index in [1.165, 1.54) is 6.92 Å². The van der Waals surface area contributed by atoms with E-state index in [0.717, 1.165) is 5.56 Å². The Balaban J connectivity index is 2.64. The van der Waals surface area contributed by atoms with E-state index < -0.39 is 0 Å². The maximum atomic E-state index is 10.9. The number of Topliss-reactive ketones (excluding diaryl/α,β-unsaturated/α-hetero) is 1. The number of ketones is 1. The first kappa shape index (κ1) is 10.3. The third-order valence-corrected chi connectivity index (χ3v) is 1.92. The molecule has 3 radical (unpaired) electrons. The molecule has 0 saturated heterocycles. The van der Waals surface area contributed by atoms with Gasteiger partial charge in [0.2, 0.25) is 0 Å². The van der Waals surface area contributed by atoms with Crippen molar-refractivity contribution in [3.8, 4) is 0 Å². The smallest absolute Gasteiger partial charge is 0.137 e. The third kappa shape index (κ3) is 3.19. The van der Waals surface area contributed by atoms with Crippen molar-refractivity contribution in [1.82, 2.24) is 0 Å². The summed E-state index contributed by atoms with van der Waals surface area (Å²) in [5.74, 6) is 0.484. The van der Waals surface area contributed by atoms with Crippen LogP contribution in [0.3, 0.4) is 0 Å². The van der Waals surface area contributed by atoms with Gasteiger partial charge in [0.25, 0.3) is 0 Å². The maximum absolute atomic E-state index is 10.9. The van der Waals surface area contributed by atoms with Gasteiger partial charge in [-0.2, -0.15) is 0 Å². The molecular formula is C11H10ClO. The lowest BCUT2D eigenvalue weighted by molar-refractivity contribution is -0.114. The Morgan fingerprint density at radius 3 is 2.38 bits per heavy atom. The molecule has 0 aliphatic rings. The highest BCUT2D eigenvalue weighted by atomic mass is 35.5. The lowest BCUT2D eigenvalue weighted by Gasteiger charge is -2.05. The Hall–Kier alpha value is -0.820. The minimum Gasteiger partial charge on any atom is -0.299 e. The number of carbonyl (C=O) groups excluding carboxylic acids is 1. The van der Waals surface area contributed by atoms with Crippen LogP contribution in [0.4, 0.5) is 0 Å². The van der Waals surface area contributed by atoms with Gasteiger partial charge in [0.15, 0.2) is 0 Å². The molecule has 0 fully saturated rings. The first-order valence-electron chi connectivity index (χ1n) is 3.90. The monoisotopic (exact) mass is 193 g/mol. The SMILES string of the molecule is [CH2][C]([CH]c1ccc(Cl)cc1)C(C)=O. The molecule has 1 nitrogen and oxygen atoms in total. The number of benzene rings is 1. The Morgan fingerprint density at radius 1 is 1.38 bits per heavy atom. The van der Waals surface area contributed by atoms with Crippen LogP contribution in [0.25, 0.3) is 0 Å². The van der Waals surface area contributed by atoms with Crippen LogP contribution in [-0.4, -0.2) is 5.78 Å². The normalized spacial score (nSPS) is 10.5. The van der Waals surface area contributed by atoms with Gasteiger partial charge in [0.1, 0.15) is 5.78 Å². The van der Waals surface area contributed by atoms with Crippen LogP contribution < -0.4 is 0 Å². The fraction of sp³-hybridized carbons (Fsp3) is 0.0909. The van der Waals surface area contributed by atoms with Gasteiger partial charge in [-0.05, 0) is 31.5 Å². The van der Waals surface area contributed by atoms with Crippen molar-refractivity contribution in [2.75, 3.05) is 0 Å². The predicted octanol–water partition coefficient (Wildman–Crippen LogP) is 2.89. The van der Waals surface area contributed by atoms with Gasteiger partial charge in [0.05, 0.1) is 0 Å². The minimum absolute atomic E-state index is 0.0186. The molecule has 13 heavy (non-hydrogen) atoms. The third-order valence-electron chi connectivity index (χ3n) is 1.66. The van der Waals surface area contributed by atoms with Gasteiger partial charge in [-0.3, -0.25) is 4.79 Å². The van der Waals surface area contributed by atoms with Crippen molar-refractivity contribution >= 4 is 17.4 Å². The van der Waals surface area contributed by atoms with Crippen molar-refractivity contribution in [2.24, 2.45) is 0 Å². The van der Waals surface area contributed by atoms with Gasteiger partial charge < -0.3 is 0 Å². The molecule has 67 valence electrons. The van der Waals surface area contributed by atoms with Gasteiger partial charge in [-0.15, -0.1) is 0 Å². The second-order valence-corrected chi connectivity index (χ2v) is 3.21. The van der Waals surface area contributed by atoms with E-state index in [0.29, 0.717) is 10.9 Å². The molecule has 0 spiro atoms. The summed E-state index contributed by atoms with van der Waals surface area (Å²) in [6.45, 7) is 5.13. The summed E-state index contributed by atoms with van der Waals surface area (Å²) in [5, 5.41) is 0.686. The number of halogens is 1. The number of carbonyl (C=O) groups is 1. The highest BCUT2D eigenvalue weighted by Gasteiger charge is 2.09. The maximum Gasteiger partial charge on any atom is 0.137 e. The van der Waals surface area contributed by atoms with Gasteiger partial charge >= 0.3 is 0 Å². The van der Waals surface area contributed by atoms with Crippen molar-refractivity contribution in [3.63, 3.8) is 0 Å². The topological polar surface area (TPSA) is 17.1 Å². The average molecular weight is 194 g/mol. The summed E-state index contributed by atoms with van der Waals surface area (Å²) in [5.41, 5.74) is 0.935. The molecule has 1 rings (SSSR count). The van der Waals surface area contributed by atoms with E-state index in [-0.39, 0.29) is 5.78 Å². The zero-order valence-electron chi connectivity index (χ0n) is 7.38. The van der Waals surface area contributed by atoms with Crippen LogP contribution in [0.2, 0.25) is 5.02 Å². The highest BCUT2D eigenvalue weighted by Crippen LogP contribution is 2.16. The summed E-state index contributed by atoms with van der Waals surface area (Å²) in [6.07, 6.45) is 1.73. The van der Waals surface area contributed by atoms with Crippen molar-refractivity contribution in [3.05, 3.63) is 54.1 Å². The van der Waals surface area contributed by atoms with Crippen LogP contribution in [0.5, 0.6) is 0 Å². The molecule has 0 amide bonds. The molecule has 0 heterocycles. The number of rotatable bonds is 3. The van der Waals surface area contributed by atoms with Crippen LogP contribution in [-0.2, 0) is 4.79 Å². The molecule has 0 N–H and O–H groups in total. The largest absolute Gasteiger partial charge is 0.299 e. The minimum atomic E-state index is -0.0186. The molecule has 1 aromatic carbocycles. The zero-order chi connectivity index (χ0) is 9.84. The molecule has 0 aliphatic carbocycles. The summed E-state index contributed by atoms with van der Waals surface area (Å²) in [4.78, 5) is 10.9. The first-order valence-corrected chi connectivity index (χ1v) is 4.27. The predicted molar refractivity (Wildman–Crippen MR) is 54.1 cm³/mol. The van der Waals surface area contributed by atoms with Crippen LogP contribution in [0.15, 0.2) is 24.3 Å². The fourth-order valence-electron chi connectivity index (χ4n) is 0.862. The van der Waals surface area contributed by atoms with E-state index in [1.807, 2.05) is 12.1 Å². The first-order chi connectivity index (χ1) is 6.09. The Kier molecular flexibility index (Phi) is 3.49. The summed E-state index contributed by atoms with van der Waals surface area (Å²) in [6, 6.07) is 7.24. The van der Waals surface area contributed by atoms with Crippen LogP contribution in [0.1, 0.15) is 12.5 Å². The fourth-order valence-corrected chi connectivity index (χ4v) is 0.988. The van der Waals surface area contributed by atoms with Crippen molar-refractivity contribution in [1.29, 1.82) is 0 Å². The van der Waals surface area contributed by atoms with Gasteiger partial charge in [0, 0.05) is 17.4 Å². The number of hydrogen-bond acceptors (Lipinski definition) is 1. The molecule has 0 saturated carbocycles. The second kappa shape index (κ2) is 4.43. The summed E-state index contributed by atoms with van der Waals surface area (Å²) < 4.78 is 0. The van der Waals surface area contributed by atoms with Crippen LogP contribution >= 0.6 is 11.6 Å². The molecule has 0 unspecified atom stereocenters. The lowest BCUT2D eigenvalue weighted by Crippen LogP contribution is -2.04. The van der Waals surface area contributed by atoms with E-state index in [9.17, 15) is 4.79 Å². The molecule has 0 atom stereocenters. The molecule has 0 aromatic heterocycles. The molecule has 0 aliphatic heterocycles. The van der Waals surface area contributed by atoms with Gasteiger partial charge in [-0.1, -0.05) is 23.7 Å². The Bertz CT molecular complexity index is 289. The quantitative estimate of drug-likeness (QED) is 0.722. The van der Waals surface area contributed by atoms with E-state index in [2.05, 4.69) is 6.92 Å².